The van der Waals surface area contributed by atoms with Crippen LogP contribution in [0.15, 0.2) is 12.7 Å². The number of hydrogen-bond donors (Lipinski definition) is 1. The Morgan fingerprint density at radius 2 is 2.31 bits per heavy atom. The van der Waals surface area contributed by atoms with Crippen LogP contribution in [0.2, 0.25) is 0 Å². The van der Waals surface area contributed by atoms with Crippen LogP contribution in [-0.4, -0.2) is 49.7 Å². The molecule has 0 aromatic heterocycles. The molecule has 1 saturated heterocycles. The van der Waals surface area contributed by atoms with E-state index in [1.54, 1.807) is 0 Å². The maximum Gasteiger partial charge on any atom is 0.330 e. The lowest BCUT2D eigenvalue weighted by Gasteiger charge is -2.09. The minimum Gasteiger partial charge on any atom is -0.460 e. The normalized spacial score (nSPS) is 20.2. The van der Waals surface area contributed by atoms with E-state index in [0.29, 0.717) is 6.61 Å². The van der Waals surface area contributed by atoms with Gasteiger partial charge in [0.15, 0.2) is 0 Å². The molecule has 0 aromatic rings. The third-order valence-corrected chi connectivity index (χ3v) is 1.60. The maximum atomic E-state index is 10.6. The second-order valence-corrected chi connectivity index (χ2v) is 3.08. The highest BCUT2D eigenvalue weighted by Gasteiger charge is 2.23. The average Bonchev–Trinajstić information content (AvgIpc) is 3.09. The van der Waals surface area contributed by atoms with Crippen LogP contribution in [0, 0.1) is 0 Å². The summed E-state index contributed by atoms with van der Waals surface area (Å²) in [6, 6.07) is 0. The smallest absolute Gasteiger partial charge is 0.330 e. The first-order valence-corrected chi connectivity index (χ1v) is 4.72. The largest absolute Gasteiger partial charge is 0.460 e. The van der Waals surface area contributed by atoms with Crippen LogP contribution in [0.4, 0.5) is 0 Å². The Kier molecular flexibility index (Phi) is 5.98. The van der Waals surface area contributed by atoms with Gasteiger partial charge in [-0.25, -0.2) is 14.6 Å². The fourth-order valence-electron chi connectivity index (χ4n) is 0.694. The predicted molar refractivity (Wildman–Crippen MR) is 49.9 cm³/mol. The van der Waals surface area contributed by atoms with Crippen molar-refractivity contribution in [2.45, 2.75) is 12.2 Å². The Hall–Kier alpha value is -0.990. The quantitative estimate of drug-likeness (QED) is 0.142. The van der Waals surface area contributed by atoms with Crippen molar-refractivity contribution in [1.29, 1.82) is 0 Å². The Morgan fingerprint density at radius 1 is 1.56 bits per heavy atom. The van der Waals surface area contributed by atoms with Crippen LogP contribution in [0.5, 0.6) is 0 Å². The molecule has 0 saturated carbocycles. The van der Waals surface area contributed by atoms with Crippen molar-refractivity contribution < 1.29 is 34.2 Å². The first-order chi connectivity index (χ1) is 7.72. The van der Waals surface area contributed by atoms with Gasteiger partial charge in [0.05, 0.1) is 6.61 Å². The van der Waals surface area contributed by atoms with Gasteiger partial charge in [-0.1, -0.05) is 11.6 Å². The zero-order chi connectivity index (χ0) is 11.8. The van der Waals surface area contributed by atoms with Gasteiger partial charge in [-0.05, 0) is 0 Å². The third kappa shape index (κ3) is 6.49. The lowest BCUT2D eigenvalue weighted by atomic mass is 10.4. The van der Waals surface area contributed by atoms with E-state index < -0.39 is 12.1 Å². The highest BCUT2D eigenvalue weighted by atomic mass is 17.5. The molecule has 0 radical (unpaired) electrons. The summed E-state index contributed by atoms with van der Waals surface area (Å²) in [5.74, 6) is -0.609. The maximum absolute atomic E-state index is 10.6. The number of hydrogen-bond acceptors (Lipinski definition) is 7. The van der Waals surface area contributed by atoms with Crippen LogP contribution in [0.1, 0.15) is 0 Å². The highest BCUT2D eigenvalue weighted by molar-refractivity contribution is 5.81. The van der Waals surface area contributed by atoms with Gasteiger partial charge in [-0.2, -0.15) is 0 Å². The fourth-order valence-corrected chi connectivity index (χ4v) is 0.694. The van der Waals surface area contributed by atoms with Gasteiger partial charge in [0.2, 0.25) is 0 Å². The number of aliphatic hydroxyl groups is 1. The Morgan fingerprint density at radius 3 is 2.94 bits per heavy atom. The van der Waals surface area contributed by atoms with Crippen molar-refractivity contribution in [2.24, 2.45) is 0 Å². The molecule has 0 amide bonds. The van der Waals surface area contributed by atoms with E-state index in [4.69, 9.17) is 4.74 Å². The lowest BCUT2D eigenvalue weighted by Crippen LogP contribution is -2.23. The standard InChI is InChI=1S/C9H14O7/c1-2-9(11)13-3-7(10)4-14-16-15-6-8-5-12-8/h2,7-8,10H,1,3-6H2. The molecule has 1 aliphatic rings. The lowest BCUT2D eigenvalue weighted by molar-refractivity contribution is -0.516. The van der Waals surface area contributed by atoms with Crippen molar-refractivity contribution in [3.05, 3.63) is 12.7 Å². The number of carbonyl (C=O) groups is 1. The second kappa shape index (κ2) is 7.31. The van der Waals surface area contributed by atoms with E-state index in [9.17, 15) is 9.90 Å². The topological polar surface area (TPSA) is 86.8 Å². The van der Waals surface area contributed by atoms with Gasteiger partial charge in [0.1, 0.15) is 32.0 Å². The summed E-state index contributed by atoms with van der Waals surface area (Å²) in [7, 11) is 0. The second-order valence-electron chi connectivity index (χ2n) is 3.08. The molecule has 92 valence electrons. The van der Waals surface area contributed by atoms with E-state index in [0.717, 1.165) is 6.08 Å². The zero-order valence-corrected chi connectivity index (χ0v) is 8.66. The molecular formula is C9H14O7. The van der Waals surface area contributed by atoms with E-state index >= 15 is 0 Å². The summed E-state index contributed by atoms with van der Waals surface area (Å²) >= 11 is 0. The molecule has 0 spiro atoms. The average molecular weight is 234 g/mol. The van der Waals surface area contributed by atoms with Crippen LogP contribution in [0.3, 0.4) is 0 Å². The number of ether oxygens (including phenoxy) is 2. The molecule has 2 unspecified atom stereocenters. The Bertz CT molecular complexity index is 226. The molecule has 0 aliphatic carbocycles. The summed E-state index contributed by atoms with van der Waals surface area (Å²) < 4.78 is 9.39. The molecule has 1 fully saturated rings. The SMILES string of the molecule is C=CC(=O)OCC(O)COOOCC1CO1. The summed E-state index contributed by atoms with van der Waals surface area (Å²) in [5.41, 5.74) is 0. The van der Waals surface area contributed by atoms with Crippen molar-refractivity contribution in [2.75, 3.05) is 26.4 Å². The van der Waals surface area contributed by atoms with Gasteiger partial charge >= 0.3 is 5.97 Å². The molecule has 16 heavy (non-hydrogen) atoms. The van der Waals surface area contributed by atoms with E-state index in [2.05, 4.69) is 26.1 Å². The number of epoxide rings is 1. The van der Waals surface area contributed by atoms with Crippen LogP contribution in [0.25, 0.3) is 0 Å². The zero-order valence-electron chi connectivity index (χ0n) is 8.66. The summed E-state index contributed by atoms with van der Waals surface area (Å²) in [6.07, 6.45) is 0.0924. The molecule has 1 aliphatic heterocycles. The number of carbonyl (C=O) groups excluding carboxylic acids is 1. The van der Waals surface area contributed by atoms with E-state index in [1.165, 1.54) is 0 Å². The predicted octanol–water partition coefficient (Wildman–Crippen LogP) is -0.645. The summed E-state index contributed by atoms with van der Waals surface area (Å²) in [4.78, 5) is 19.7. The summed E-state index contributed by atoms with van der Waals surface area (Å²) in [6.45, 7) is 3.77. The van der Waals surface area contributed by atoms with Crippen LogP contribution < -0.4 is 0 Å². The molecule has 1 N–H and O–H groups in total. The van der Waals surface area contributed by atoms with Crippen LogP contribution >= 0.6 is 0 Å². The number of rotatable bonds is 9. The van der Waals surface area contributed by atoms with Gasteiger partial charge in [0.25, 0.3) is 0 Å². The van der Waals surface area contributed by atoms with Gasteiger partial charge < -0.3 is 14.6 Å². The minimum absolute atomic E-state index is 0.0714. The first-order valence-electron chi connectivity index (χ1n) is 4.72. The summed E-state index contributed by atoms with van der Waals surface area (Å²) in [5, 5.41) is 13.5. The third-order valence-electron chi connectivity index (χ3n) is 1.60. The Labute approximate surface area is 92.3 Å². The number of esters is 1. The molecular weight excluding hydrogens is 220 g/mol. The van der Waals surface area contributed by atoms with E-state index in [-0.39, 0.29) is 25.9 Å². The fraction of sp³-hybridized carbons (Fsp3) is 0.667. The molecule has 1 rings (SSSR count). The van der Waals surface area contributed by atoms with Crippen molar-refractivity contribution in [1.82, 2.24) is 0 Å². The highest BCUT2D eigenvalue weighted by Crippen LogP contribution is 2.08. The van der Waals surface area contributed by atoms with Crippen molar-refractivity contribution in [3.8, 4) is 0 Å². The van der Waals surface area contributed by atoms with Crippen molar-refractivity contribution >= 4 is 5.97 Å². The molecule has 0 aromatic carbocycles. The number of aliphatic hydroxyl groups excluding tert-OH is 1. The monoisotopic (exact) mass is 234 g/mol. The molecule has 2 atom stereocenters. The van der Waals surface area contributed by atoms with Crippen molar-refractivity contribution in [3.63, 3.8) is 0 Å². The van der Waals surface area contributed by atoms with Gasteiger partial charge in [-0.3, -0.25) is 0 Å². The van der Waals surface area contributed by atoms with Gasteiger partial charge in [0, 0.05) is 6.08 Å². The molecule has 1 heterocycles. The molecule has 7 nitrogen and oxygen atoms in total. The van der Waals surface area contributed by atoms with Gasteiger partial charge in [-0.15, -0.1) is 0 Å². The molecule has 0 bridgehead atoms. The Balaban J connectivity index is 1.86. The molecule has 7 heteroatoms. The van der Waals surface area contributed by atoms with E-state index in [1.807, 2.05) is 0 Å². The first kappa shape index (κ1) is 13.1. The van der Waals surface area contributed by atoms with Crippen LogP contribution in [-0.2, 0) is 29.1 Å². The minimum atomic E-state index is -0.982.